The first-order valence-corrected chi connectivity index (χ1v) is 13.5. The third-order valence-electron chi connectivity index (χ3n) is 7.56. The van der Waals surface area contributed by atoms with Gasteiger partial charge in [-0.05, 0) is 56.2 Å². The number of ether oxygens (including phenoxy) is 1. The van der Waals surface area contributed by atoms with Crippen LogP contribution in [0.1, 0.15) is 40.9 Å². The van der Waals surface area contributed by atoms with Crippen LogP contribution in [-0.2, 0) is 23.5 Å². The average molecular weight is 600 g/mol. The van der Waals surface area contributed by atoms with Gasteiger partial charge in [0.2, 0.25) is 0 Å². The number of halogens is 7. The van der Waals surface area contributed by atoms with E-state index in [-0.39, 0.29) is 31.1 Å². The van der Waals surface area contributed by atoms with Gasteiger partial charge in [0.15, 0.2) is 0 Å². The number of carbonyl (C=O) groups excluding carboxylic acids is 1. The molecule has 2 heterocycles. The molecule has 2 saturated heterocycles. The number of piperazine rings is 1. The van der Waals surface area contributed by atoms with Crippen molar-refractivity contribution < 1.29 is 40.3 Å². The topological polar surface area (TPSA) is 36.0 Å². The molecule has 2 aromatic rings. The number of morpholine rings is 1. The number of benzene rings is 2. The molecule has 0 radical (unpaired) electrons. The van der Waals surface area contributed by atoms with Crippen molar-refractivity contribution in [2.24, 2.45) is 0 Å². The summed E-state index contributed by atoms with van der Waals surface area (Å²) in [5, 5.41) is 0. The van der Waals surface area contributed by atoms with E-state index in [2.05, 4.69) is 30.6 Å². The van der Waals surface area contributed by atoms with Crippen molar-refractivity contribution in [3.63, 3.8) is 0 Å². The Bertz CT molecular complexity index is 1280. The first-order valence-electron chi connectivity index (χ1n) is 13.5. The van der Waals surface area contributed by atoms with Crippen LogP contribution in [0.2, 0.25) is 0 Å². The Hall–Kier alpha value is -3.14. The molecule has 1 atom stereocenters. The van der Waals surface area contributed by atoms with Crippen LogP contribution in [0.5, 0.6) is 0 Å². The zero-order valence-corrected chi connectivity index (χ0v) is 23.3. The molecule has 1 amide bonds. The molecule has 0 unspecified atom stereocenters. The molecule has 5 nitrogen and oxygen atoms in total. The van der Waals surface area contributed by atoms with Gasteiger partial charge in [0.25, 0.3) is 5.91 Å². The summed E-state index contributed by atoms with van der Waals surface area (Å²) in [7, 11) is 0. The van der Waals surface area contributed by atoms with Gasteiger partial charge in [0.1, 0.15) is 5.82 Å². The Kier molecular flexibility index (Phi) is 9.55. The van der Waals surface area contributed by atoms with Gasteiger partial charge in [-0.15, -0.1) is 0 Å². The van der Waals surface area contributed by atoms with Gasteiger partial charge >= 0.3 is 12.4 Å². The van der Waals surface area contributed by atoms with Gasteiger partial charge in [-0.2, -0.15) is 26.3 Å². The van der Waals surface area contributed by atoms with Gasteiger partial charge in [-0.25, -0.2) is 4.39 Å². The van der Waals surface area contributed by atoms with Crippen LogP contribution in [0.4, 0.5) is 30.7 Å². The van der Waals surface area contributed by atoms with Crippen LogP contribution in [0.3, 0.4) is 0 Å². The summed E-state index contributed by atoms with van der Waals surface area (Å²) in [4.78, 5) is 19.0. The van der Waals surface area contributed by atoms with E-state index in [1.54, 1.807) is 0 Å². The van der Waals surface area contributed by atoms with Crippen LogP contribution in [0.15, 0.2) is 42.5 Å². The van der Waals surface area contributed by atoms with E-state index in [9.17, 15) is 35.5 Å². The highest BCUT2D eigenvalue weighted by atomic mass is 19.4. The first-order chi connectivity index (χ1) is 19.6. The fourth-order valence-corrected chi connectivity index (χ4v) is 5.14. The van der Waals surface area contributed by atoms with Crippen molar-refractivity contribution >= 4 is 5.91 Å². The molecule has 2 aliphatic heterocycles. The summed E-state index contributed by atoms with van der Waals surface area (Å²) in [6.45, 7) is 7.74. The molecule has 2 fully saturated rings. The van der Waals surface area contributed by atoms with Crippen LogP contribution in [-0.4, -0.2) is 84.7 Å². The molecule has 4 rings (SSSR count). The third kappa shape index (κ3) is 8.02. The Balaban J connectivity index is 1.54. The quantitative estimate of drug-likeness (QED) is 0.343. The minimum Gasteiger partial charge on any atom is -0.378 e. The third-order valence-corrected chi connectivity index (χ3v) is 7.56. The van der Waals surface area contributed by atoms with Crippen LogP contribution in [0.25, 0.3) is 0 Å². The number of hydrogen-bond acceptors (Lipinski definition) is 4. The summed E-state index contributed by atoms with van der Waals surface area (Å²) in [6, 6.07) is 5.89. The fourth-order valence-electron chi connectivity index (χ4n) is 5.14. The molecular weight excluding hydrogens is 567 g/mol. The van der Waals surface area contributed by atoms with Crippen molar-refractivity contribution in [3.8, 4) is 11.8 Å². The van der Waals surface area contributed by atoms with E-state index in [4.69, 9.17) is 4.74 Å². The molecule has 2 aliphatic rings. The zero-order valence-electron chi connectivity index (χ0n) is 23.3. The Morgan fingerprint density at radius 1 is 0.929 bits per heavy atom. The van der Waals surface area contributed by atoms with E-state index < -0.39 is 46.8 Å². The fraction of sp³-hybridized carbons (Fsp3) is 0.500. The van der Waals surface area contributed by atoms with E-state index in [0.717, 1.165) is 6.54 Å². The van der Waals surface area contributed by atoms with Crippen molar-refractivity contribution in [1.82, 2.24) is 14.7 Å². The second-order valence-corrected chi connectivity index (χ2v) is 11.2. The summed E-state index contributed by atoms with van der Waals surface area (Å²) < 4.78 is 99.7. The highest BCUT2D eigenvalue weighted by Gasteiger charge is 2.39. The Morgan fingerprint density at radius 3 is 2.14 bits per heavy atom. The summed E-state index contributed by atoms with van der Waals surface area (Å²) in [5.74, 6) is 4.93. The molecule has 0 saturated carbocycles. The maximum atomic E-state index is 13.5. The molecule has 0 bridgehead atoms. The van der Waals surface area contributed by atoms with E-state index in [1.807, 2.05) is 4.90 Å². The van der Waals surface area contributed by atoms with Crippen molar-refractivity contribution in [2.75, 3.05) is 52.5 Å². The van der Waals surface area contributed by atoms with Gasteiger partial charge < -0.3 is 9.64 Å². The molecule has 0 aromatic heterocycles. The first kappa shape index (κ1) is 31.8. The van der Waals surface area contributed by atoms with E-state index in [1.165, 1.54) is 29.2 Å². The van der Waals surface area contributed by atoms with Crippen LogP contribution in [0, 0.1) is 17.7 Å². The van der Waals surface area contributed by atoms with Gasteiger partial charge in [-0.3, -0.25) is 14.6 Å². The highest BCUT2D eigenvalue weighted by Crippen LogP contribution is 2.37. The molecular formula is C30H32F7N3O2. The Labute approximate surface area is 240 Å². The van der Waals surface area contributed by atoms with Gasteiger partial charge in [0.05, 0.1) is 37.4 Å². The monoisotopic (exact) mass is 599 g/mol. The molecule has 42 heavy (non-hydrogen) atoms. The normalized spacial score (nSPS) is 20.2. The lowest BCUT2D eigenvalue weighted by Crippen LogP contribution is -2.56. The van der Waals surface area contributed by atoms with E-state index in [0.29, 0.717) is 50.5 Å². The summed E-state index contributed by atoms with van der Waals surface area (Å²) >= 11 is 0. The SMILES string of the molecule is CC1(C)COCCN1CC#CCN1CCN(C(=O)c2cc(C(F)(F)F)cc(C(F)(F)F)c2)[C@H](Cc2ccc(F)cc2)C1. The lowest BCUT2D eigenvalue weighted by Gasteiger charge is -2.41. The average Bonchev–Trinajstić information content (AvgIpc) is 2.91. The molecule has 2 aromatic carbocycles. The maximum absolute atomic E-state index is 13.5. The minimum absolute atomic E-state index is 0.00141. The van der Waals surface area contributed by atoms with E-state index >= 15 is 0 Å². The minimum atomic E-state index is -5.07. The van der Waals surface area contributed by atoms with Crippen molar-refractivity contribution in [2.45, 2.75) is 44.2 Å². The van der Waals surface area contributed by atoms with Gasteiger partial charge in [-0.1, -0.05) is 24.0 Å². The van der Waals surface area contributed by atoms with Gasteiger partial charge in [0, 0.05) is 43.3 Å². The summed E-state index contributed by atoms with van der Waals surface area (Å²) in [5.41, 5.74) is -3.26. The number of carbonyl (C=O) groups is 1. The highest BCUT2D eigenvalue weighted by molar-refractivity contribution is 5.95. The molecule has 0 spiro atoms. The second-order valence-electron chi connectivity index (χ2n) is 11.2. The molecule has 12 heteroatoms. The largest absolute Gasteiger partial charge is 0.416 e. The van der Waals surface area contributed by atoms with Crippen LogP contribution >= 0.6 is 0 Å². The number of alkyl halides is 6. The lowest BCUT2D eigenvalue weighted by molar-refractivity contribution is -0.143. The molecule has 0 aliphatic carbocycles. The zero-order chi connectivity index (χ0) is 30.7. The Morgan fingerprint density at radius 2 is 1.55 bits per heavy atom. The molecule has 228 valence electrons. The smallest absolute Gasteiger partial charge is 0.378 e. The maximum Gasteiger partial charge on any atom is 0.416 e. The van der Waals surface area contributed by atoms with Crippen molar-refractivity contribution in [1.29, 1.82) is 0 Å². The lowest BCUT2D eigenvalue weighted by atomic mass is 9.99. The standard InChI is InChI=1S/C30H32F7N3O2/c1-28(2)20-42-14-13-39(28)10-4-3-9-38-11-12-40(26(19-38)15-21-5-7-25(31)8-6-21)27(41)22-16-23(29(32,33)34)18-24(17-22)30(35,36)37/h5-8,16-18,26H,9-15,19-20H2,1-2H3/t26-/m1/s1. The number of nitrogens with zero attached hydrogens (tertiary/aromatic N) is 3. The van der Waals surface area contributed by atoms with Crippen molar-refractivity contribution in [3.05, 3.63) is 70.5 Å². The molecule has 0 N–H and O–H groups in total. The van der Waals surface area contributed by atoms with Crippen LogP contribution < -0.4 is 0 Å². The predicted molar refractivity (Wildman–Crippen MR) is 142 cm³/mol. The number of amides is 1. The predicted octanol–water partition coefficient (Wildman–Crippen LogP) is 5.35. The second kappa shape index (κ2) is 12.6. The number of hydrogen-bond donors (Lipinski definition) is 0. The summed E-state index contributed by atoms with van der Waals surface area (Å²) in [6.07, 6.45) is -9.92. The number of rotatable bonds is 5.